The molecule has 0 aromatic heterocycles. The van der Waals surface area contributed by atoms with E-state index in [1.165, 1.54) is 103 Å². The Morgan fingerprint density at radius 1 is 0.380 bits per heavy atom. The van der Waals surface area contributed by atoms with Crippen LogP contribution in [0.2, 0.25) is 0 Å². The number of hydrogen-bond donors (Lipinski definition) is 0. The summed E-state index contributed by atoms with van der Waals surface area (Å²) in [7, 11) is 0. The summed E-state index contributed by atoms with van der Waals surface area (Å²) in [5.41, 5.74) is 0. The van der Waals surface area contributed by atoms with Gasteiger partial charge in [0.2, 0.25) is 0 Å². The molecule has 4 amide bonds. The molecule has 10 heteroatoms. The van der Waals surface area contributed by atoms with Crippen LogP contribution in [0.1, 0.15) is 103 Å². The highest BCUT2D eigenvalue weighted by molar-refractivity contribution is 5.85. The van der Waals surface area contributed by atoms with Crippen molar-refractivity contribution in [1.29, 1.82) is 0 Å². The molecular weight excluding hydrogens is 632 g/mol. The van der Waals surface area contributed by atoms with E-state index >= 15 is 0 Å². The molecule has 2 aliphatic heterocycles. The van der Waals surface area contributed by atoms with Gasteiger partial charge in [-0.2, -0.15) is 0 Å². The maximum atomic E-state index is 14.5. The maximum absolute atomic E-state index is 14.5. The Bertz CT molecular complexity index is 1090. The number of hydrogen-bond acceptors (Lipinski definition) is 6. The van der Waals surface area contributed by atoms with Crippen molar-refractivity contribution < 1.29 is 28.5 Å². The Morgan fingerprint density at radius 3 is 0.840 bits per heavy atom. The fourth-order valence-electron chi connectivity index (χ4n) is 13.4. The first kappa shape index (κ1) is 33.0. The third kappa shape index (κ3) is 5.98. The molecule has 10 nitrogen and oxygen atoms in total. The van der Waals surface area contributed by atoms with Crippen LogP contribution in [-0.4, -0.2) is 121 Å². The summed E-state index contributed by atoms with van der Waals surface area (Å²) in [4.78, 5) is 36.8. The fourth-order valence-corrected chi connectivity index (χ4v) is 13.4. The number of urea groups is 2. The molecular formula is C40H62N4O6. The van der Waals surface area contributed by atoms with Gasteiger partial charge < -0.3 is 18.9 Å². The lowest BCUT2D eigenvalue weighted by molar-refractivity contribution is -0.0127. The van der Waals surface area contributed by atoms with E-state index in [1.807, 2.05) is 19.6 Å². The quantitative estimate of drug-likeness (QED) is 0.199. The molecule has 0 radical (unpaired) electrons. The average Bonchev–Trinajstić information content (AvgIpc) is 3.98. The number of ether oxygens (including phenoxy) is 4. The van der Waals surface area contributed by atoms with Crippen LogP contribution in [-0.2, 0) is 18.9 Å². The van der Waals surface area contributed by atoms with E-state index in [4.69, 9.17) is 18.9 Å². The van der Waals surface area contributed by atoms with Gasteiger partial charge in [0, 0.05) is 26.2 Å². The minimum Gasteiger partial charge on any atom is -0.376 e. The lowest BCUT2D eigenvalue weighted by Gasteiger charge is -2.31. The van der Waals surface area contributed by atoms with Gasteiger partial charge in [0.05, 0.1) is 50.8 Å². The third-order valence-electron chi connectivity index (χ3n) is 15.9. The summed E-state index contributed by atoms with van der Waals surface area (Å²) in [6.07, 6.45) is 21.0. The smallest absolute Gasteiger partial charge is 0.323 e. The number of carbonyl (C=O) groups excluding carboxylic acids is 2. The Hall–Kier alpha value is -1.62. The van der Waals surface area contributed by atoms with Gasteiger partial charge in [-0.1, -0.05) is 0 Å². The highest BCUT2D eigenvalue weighted by atomic mass is 16.5. The normalized spacial score (nSPS) is 45.2. The van der Waals surface area contributed by atoms with Crippen molar-refractivity contribution in [3.8, 4) is 0 Å². The standard InChI is InChI=1S/C40H62N4O6/c45-39-41(9-13-47-33-21-25-1-5-29(33)17-25)37-38(43(39)11-15-49-35-23-27-3-7-31(35)19-27)44(12-16-50-36-24-28-4-8-32(36)20-28)40(46)42(37)10-14-48-34-22-26-2-6-30(34)18-26/h25-38H,1-24H2. The lowest BCUT2D eigenvalue weighted by Crippen LogP contribution is -2.49. The van der Waals surface area contributed by atoms with Gasteiger partial charge in [-0.3, -0.25) is 19.6 Å². The highest BCUT2D eigenvalue weighted by Gasteiger charge is 2.59. The van der Waals surface area contributed by atoms with Gasteiger partial charge in [-0.05, 0) is 150 Å². The van der Waals surface area contributed by atoms with Crippen molar-refractivity contribution in [2.45, 2.75) is 139 Å². The van der Waals surface area contributed by atoms with Gasteiger partial charge in [0.15, 0.2) is 0 Å². The van der Waals surface area contributed by atoms with Gasteiger partial charge in [-0.25, -0.2) is 9.59 Å². The first-order valence-corrected chi connectivity index (χ1v) is 21.2. The Morgan fingerprint density at radius 2 is 0.640 bits per heavy atom. The summed E-state index contributed by atoms with van der Waals surface area (Å²) in [6.45, 7) is 4.11. The lowest BCUT2D eigenvalue weighted by atomic mass is 9.98. The van der Waals surface area contributed by atoms with E-state index in [0.717, 1.165) is 23.7 Å². The number of amides is 4. The predicted molar refractivity (Wildman–Crippen MR) is 186 cm³/mol. The van der Waals surface area contributed by atoms with Gasteiger partial charge in [-0.15, -0.1) is 0 Å². The van der Waals surface area contributed by atoms with Crippen molar-refractivity contribution in [1.82, 2.24) is 19.6 Å². The largest absolute Gasteiger partial charge is 0.376 e. The van der Waals surface area contributed by atoms with Crippen LogP contribution in [0.4, 0.5) is 9.59 Å². The monoisotopic (exact) mass is 694 g/mol. The molecule has 12 atom stereocenters. The first-order chi connectivity index (χ1) is 24.6. The number of nitrogens with zero attached hydrogens (tertiary/aromatic N) is 4. The van der Waals surface area contributed by atoms with Crippen LogP contribution in [0.25, 0.3) is 0 Å². The van der Waals surface area contributed by atoms with Crippen molar-refractivity contribution >= 4 is 12.1 Å². The van der Waals surface area contributed by atoms with E-state index < -0.39 is 0 Å². The molecule has 50 heavy (non-hydrogen) atoms. The molecule has 10 fully saturated rings. The van der Waals surface area contributed by atoms with Crippen LogP contribution >= 0.6 is 0 Å². The van der Waals surface area contributed by atoms with Crippen molar-refractivity contribution in [2.24, 2.45) is 47.3 Å². The average molecular weight is 695 g/mol. The Kier molecular flexibility index (Phi) is 9.01. The van der Waals surface area contributed by atoms with E-state index in [-0.39, 0.29) is 24.4 Å². The zero-order valence-electron chi connectivity index (χ0n) is 30.3. The van der Waals surface area contributed by atoms with Crippen LogP contribution < -0.4 is 0 Å². The third-order valence-corrected chi connectivity index (χ3v) is 15.9. The SMILES string of the molecule is O=C1N(CCOC2CC3CCC2C3)C2C(N1CCOC1CC3CCC1C3)N(CCOC1CC3CCC1C3)C(=O)N2CCOC1CC2CCC1C2. The summed E-state index contributed by atoms with van der Waals surface area (Å²) in [5.74, 6) is 6.00. The number of fused-ring (bicyclic) bond motifs is 9. The second-order valence-corrected chi connectivity index (χ2v) is 18.5. The van der Waals surface area contributed by atoms with E-state index in [2.05, 4.69) is 0 Å². The minimum atomic E-state index is -0.354. The van der Waals surface area contributed by atoms with Crippen LogP contribution in [0.5, 0.6) is 0 Å². The molecule has 278 valence electrons. The molecule has 0 aromatic rings. The molecule has 8 bridgehead atoms. The van der Waals surface area contributed by atoms with Gasteiger partial charge >= 0.3 is 12.1 Å². The van der Waals surface area contributed by atoms with Gasteiger partial charge in [0.25, 0.3) is 0 Å². The molecule has 0 spiro atoms. The molecule has 2 saturated heterocycles. The van der Waals surface area contributed by atoms with Crippen LogP contribution in [0, 0.1) is 47.3 Å². The van der Waals surface area contributed by atoms with Gasteiger partial charge in [0.1, 0.15) is 12.3 Å². The summed E-state index contributed by atoms with van der Waals surface area (Å²) in [6, 6.07) is 0.0252. The fraction of sp³-hybridized carbons (Fsp3) is 0.950. The molecule has 0 N–H and O–H groups in total. The summed E-state index contributed by atoms with van der Waals surface area (Å²) in [5, 5.41) is 0. The molecule has 2 heterocycles. The van der Waals surface area contributed by atoms with Crippen molar-refractivity contribution in [3.63, 3.8) is 0 Å². The minimum absolute atomic E-state index is 0.0126. The second kappa shape index (κ2) is 13.7. The van der Waals surface area contributed by atoms with E-state index in [9.17, 15) is 9.59 Å². The molecule has 0 aromatic carbocycles. The van der Waals surface area contributed by atoms with E-state index in [1.54, 1.807) is 0 Å². The first-order valence-electron chi connectivity index (χ1n) is 21.2. The number of rotatable bonds is 16. The summed E-state index contributed by atoms with van der Waals surface area (Å²) >= 11 is 0. The van der Waals surface area contributed by atoms with E-state index in [0.29, 0.717) is 101 Å². The Balaban J connectivity index is 0.848. The second-order valence-electron chi connectivity index (χ2n) is 18.5. The zero-order chi connectivity index (χ0) is 33.3. The van der Waals surface area contributed by atoms with Crippen LogP contribution in [0.15, 0.2) is 0 Å². The number of carbonyl (C=O) groups is 2. The maximum Gasteiger partial charge on any atom is 0.323 e. The zero-order valence-corrected chi connectivity index (χ0v) is 30.3. The highest BCUT2D eigenvalue weighted by Crippen LogP contribution is 2.49. The molecule has 8 saturated carbocycles. The predicted octanol–water partition coefficient (Wildman–Crippen LogP) is 5.93. The molecule has 10 aliphatic rings. The van der Waals surface area contributed by atoms with Crippen molar-refractivity contribution in [2.75, 3.05) is 52.6 Å². The topological polar surface area (TPSA) is 84.0 Å². The summed E-state index contributed by atoms with van der Waals surface area (Å²) < 4.78 is 26.1. The van der Waals surface area contributed by atoms with Crippen LogP contribution in [0.3, 0.4) is 0 Å². The Labute approximate surface area is 299 Å². The molecule has 8 aliphatic carbocycles. The molecule has 12 unspecified atom stereocenters. The molecule has 10 rings (SSSR count). The van der Waals surface area contributed by atoms with Crippen molar-refractivity contribution in [3.05, 3.63) is 0 Å².